The molecule has 0 aromatic heterocycles. The summed E-state index contributed by atoms with van der Waals surface area (Å²) in [6, 6.07) is 26.0. The summed E-state index contributed by atoms with van der Waals surface area (Å²) >= 11 is 0. The van der Waals surface area contributed by atoms with Crippen molar-refractivity contribution >= 4 is 20.8 Å². The average Bonchev–Trinajstić information content (AvgIpc) is 3.09. The zero-order valence-electron chi connectivity index (χ0n) is 16.6. The Morgan fingerprint density at radius 1 is 0.828 bits per heavy atom. The summed E-state index contributed by atoms with van der Waals surface area (Å²) in [6.45, 7) is 3.02. The molecule has 1 heterocycles. The molecule has 0 saturated heterocycles. The molecule has 1 aliphatic rings. The van der Waals surface area contributed by atoms with Crippen LogP contribution in [-0.2, 0) is 10.3 Å². The third-order valence-electron chi connectivity index (χ3n) is 5.54. The molecule has 148 valence electrons. The minimum absolute atomic E-state index is 0.271. The number of unbranched alkanes of at least 4 members (excludes halogenated alkanes) is 2. The van der Waals surface area contributed by atoms with E-state index in [9.17, 15) is 8.42 Å². The van der Waals surface area contributed by atoms with Crippen LogP contribution in [0.15, 0.2) is 78.9 Å². The summed E-state index contributed by atoms with van der Waals surface area (Å²) in [5.41, 5.74) is 4.97. The second kappa shape index (κ2) is 8.66. The van der Waals surface area contributed by atoms with E-state index in [0.29, 0.717) is 4.86 Å². The van der Waals surface area contributed by atoms with Gasteiger partial charge in [-0.05, 0) is 35.2 Å². The van der Waals surface area contributed by atoms with Crippen LogP contribution < -0.4 is 4.90 Å². The van der Waals surface area contributed by atoms with E-state index < -0.39 is 10.3 Å². The van der Waals surface area contributed by atoms with Gasteiger partial charge < -0.3 is 4.90 Å². The van der Waals surface area contributed by atoms with Crippen molar-refractivity contribution < 1.29 is 8.42 Å². The Kier molecular flexibility index (Phi) is 5.81. The van der Waals surface area contributed by atoms with Crippen LogP contribution in [0.4, 0.5) is 5.69 Å². The van der Waals surface area contributed by atoms with Crippen molar-refractivity contribution in [3.8, 4) is 11.1 Å². The second-order valence-corrected chi connectivity index (χ2v) is 8.32. The van der Waals surface area contributed by atoms with Crippen molar-refractivity contribution in [2.24, 2.45) is 0 Å². The Morgan fingerprint density at radius 3 is 2.17 bits per heavy atom. The molecule has 1 atom stereocenters. The van der Waals surface area contributed by atoms with E-state index in [1.54, 1.807) is 0 Å². The molecule has 3 aromatic rings. The van der Waals surface area contributed by atoms with E-state index in [4.69, 9.17) is 0 Å². The smallest absolute Gasteiger partial charge is 0.220 e. The van der Waals surface area contributed by atoms with E-state index in [0.717, 1.165) is 53.7 Å². The molecule has 29 heavy (non-hydrogen) atoms. The Labute approximate surface area is 174 Å². The lowest BCUT2D eigenvalue weighted by Gasteiger charge is -2.27. The molecule has 0 N–H and O–H groups in total. The van der Waals surface area contributed by atoms with Gasteiger partial charge in [0.1, 0.15) is 4.86 Å². The molecular weight excluding hydrogens is 378 g/mol. The first-order valence-corrected chi connectivity index (χ1v) is 11.3. The SMILES string of the molecule is CCCCCN1c2ccc(-c3ccccc3)cc2C(=S(=O)=O)C1c1ccccc1. The highest BCUT2D eigenvalue weighted by molar-refractivity contribution is 7.73. The van der Waals surface area contributed by atoms with E-state index >= 15 is 0 Å². The highest BCUT2D eigenvalue weighted by Crippen LogP contribution is 2.42. The Morgan fingerprint density at radius 2 is 1.52 bits per heavy atom. The summed E-state index contributed by atoms with van der Waals surface area (Å²) in [6.07, 6.45) is 3.30. The Bertz CT molecular complexity index is 1110. The minimum atomic E-state index is -2.30. The van der Waals surface area contributed by atoms with Gasteiger partial charge in [-0.25, -0.2) is 0 Å². The molecule has 0 aliphatic carbocycles. The minimum Gasteiger partial charge on any atom is -0.359 e. The fraction of sp³-hybridized carbons (Fsp3) is 0.240. The zero-order valence-corrected chi connectivity index (χ0v) is 17.4. The lowest BCUT2D eigenvalue weighted by Crippen LogP contribution is -2.29. The molecule has 0 saturated carbocycles. The Hall–Kier alpha value is -2.85. The number of rotatable bonds is 6. The second-order valence-electron chi connectivity index (χ2n) is 7.41. The van der Waals surface area contributed by atoms with Crippen molar-refractivity contribution in [2.45, 2.75) is 32.2 Å². The third-order valence-corrected chi connectivity index (χ3v) is 6.34. The molecule has 4 rings (SSSR count). The van der Waals surface area contributed by atoms with Gasteiger partial charge in [0.25, 0.3) is 0 Å². The van der Waals surface area contributed by atoms with Crippen LogP contribution in [0.5, 0.6) is 0 Å². The first kappa shape index (κ1) is 19.5. The van der Waals surface area contributed by atoms with E-state index in [1.807, 2.05) is 54.6 Å². The van der Waals surface area contributed by atoms with Crippen LogP contribution >= 0.6 is 0 Å². The van der Waals surface area contributed by atoms with Crippen molar-refractivity contribution in [1.82, 2.24) is 0 Å². The van der Waals surface area contributed by atoms with E-state index in [2.05, 4.69) is 36.1 Å². The average molecular weight is 404 g/mol. The van der Waals surface area contributed by atoms with Crippen molar-refractivity contribution in [2.75, 3.05) is 11.4 Å². The largest absolute Gasteiger partial charge is 0.359 e. The van der Waals surface area contributed by atoms with Crippen LogP contribution in [0.2, 0.25) is 0 Å². The predicted molar refractivity (Wildman–Crippen MR) is 121 cm³/mol. The third kappa shape index (κ3) is 3.85. The van der Waals surface area contributed by atoms with E-state index in [-0.39, 0.29) is 6.04 Å². The van der Waals surface area contributed by atoms with Gasteiger partial charge in [-0.3, -0.25) is 0 Å². The van der Waals surface area contributed by atoms with Gasteiger partial charge in [0, 0.05) is 17.8 Å². The molecular formula is C25H25NO2S. The molecule has 0 amide bonds. The summed E-state index contributed by atoms with van der Waals surface area (Å²) in [4.78, 5) is 2.74. The quantitative estimate of drug-likeness (QED) is 0.403. The summed E-state index contributed by atoms with van der Waals surface area (Å²) in [5, 5.41) is 0. The van der Waals surface area contributed by atoms with Crippen molar-refractivity contribution in [1.29, 1.82) is 0 Å². The van der Waals surface area contributed by atoms with Gasteiger partial charge >= 0.3 is 0 Å². The molecule has 4 heteroatoms. The lowest BCUT2D eigenvalue weighted by molar-refractivity contribution is 0.625. The summed E-state index contributed by atoms with van der Waals surface area (Å²) in [7, 11) is -2.30. The number of hydrogen-bond acceptors (Lipinski definition) is 3. The van der Waals surface area contributed by atoms with Crippen LogP contribution in [0.25, 0.3) is 11.1 Å². The molecule has 0 spiro atoms. The normalized spacial score (nSPS) is 15.4. The fourth-order valence-corrected chi connectivity index (χ4v) is 4.94. The maximum Gasteiger partial charge on any atom is 0.220 e. The highest BCUT2D eigenvalue weighted by Gasteiger charge is 2.37. The number of anilines is 1. The maximum absolute atomic E-state index is 12.4. The van der Waals surface area contributed by atoms with Crippen LogP contribution in [0, 0.1) is 0 Å². The van der Waals surface area contributed by atoms with Crippen LogP contribution in [-0.4, -0.2) is 19.8 Å². The Balaban J connectivity index is 1.86. The molecule has 3 nitrogen and oxygen atoms in total. The lowest BCUT2D eigenvalue weighted by atomic mass is 9.99. The first-order chi connectivity index (χ1) is 14.2. The maximum atomic E-state index is 12.4. The van der Waals surface area contributed by atoms with Gasteiger partial charge in [-0.15, -0.1) is 0 Å². The van der Waals surface area contributed by atoms with Crippen molar-refractivity contribution in [3.63, 3.8) is 0 Å². The van der Waals surface area contributed by atoms with Crippen LogP contribution in [0.3, 0.4) is 0 Å². The fourth-order valence-electron chi connectivity index (χ4n) is 4.15. The predicted octanol–water partition coefficient (Wildman–Crippen LogP) is 5.50. The molecule has 1 aliphatic heterocycles. The standard InChI is InChI=1S/C25H25NO2S/c1-2-3-10-17-26-23-16-15-21(19-11-6-4-7-12-19)18-22(23)25(29(27)28)24(26)20-13-8-5-9-14-20/h4-9,11-16,18,24H,2-3,10,17H2,1H3. The van der Waals surface area contributed by atoms with Gasteiger partial charge in [0.2, 0.25) is 10.3 Å². The molecule has 0 bridgehead atoms. The summed E-state index contributed by atoms with van der Waals surface area (Å²) in [5.74, 6) is 0. The van der Waals surface area contributed by atoms with Gasteiger partial charge in [0.15, 0.2) is 0 Å². The highest BCUT2D eigenvalue weighted by atomic mass is 32.2. The van der Waals surface area contributed by atoms with E-state index in [1.165, 1.54) is 0 Å². The number of nitrogens with zero attached hydrogens (tertiary/aromatic N) is 1. The number of fused-ring (bicyclic) bond motifs is 1. The molecule has 0 fully saturated rings. The molecule has 3 aromatic carbocycles. The zero-order chi connectivity index (χ0) is 20.2. The molecule has 1 unspecified atom stereocenters. The van der Waals surface area contributed by atoms with Gasteiger partial charge in [-0.2, -0.15) is 8.42 Å². The van der Waals surface area contributed by atoms with Gasteiger partial charge in [0.05, 0.1) is 6.04 Å². The number of hydrogen-bond donors (Lipinski definition) is 0. The number of benzene rings is 3. The molecule has 0 radical (unpaired) electrons. The van der Waals surface area contributed by atoms with Gasteiger partial charge in [-0.1, -0.05) is 86.5 Å². The monoisotopic (exact) mass is 403 g/mol. The first-order valence-electron chi connectivity index (χ1n) is 10.2. The topological polar surface area (TPSA) is 37.4 Å². The summed E-state index contributed by atoms with van der Waals surface area (Å²) < 4.78 is 24.8. The van der Waals surface area contributed by atoms with Crippen molar-refractivity contribution in [3.05, 3.63) is 90.0 Å². The van der Waals surface area contributed by atoms with Crippen LogP contribution in [0.1, 0.15) is 43.4 Å².